The maximum Gasteiger partial charge on any atom is 0.318 e. The van der Waals surface area contributed by atoms with E-state index < -0.39 is 6.04 Å². The Morgan fingerprint density at radius 3 is 2.73 bits per heavy atom. The molecule has 3 rings (SSSR count). The molecule has 0 bridgehead atoms. The van der Waals surface area contributed by atoms with Gasteiger partial charge in [-0.1, -0.05) is 16.8 Å². The van der Waals surface area contributed by atoms with Crippen molar-refractivity contribution in [2.24, 2.45) is 0 Å². The zero-order valence-corrected chi connectivity index (χ0v) is 15.4. The second kappa shape index (κ2) is 7.74. The molecule has 1 aliphatic heterocycles. The third kappa shape index (κ3) is 3.96. The predicted octanol–water partition coefficient (Wildman–Crippen LogP) is 2.32. The van der Waals surface area contributed by atoms with Gasteiger partial charge in [0.1, 0.15) is 12.6 Å². The normalized spacial score (nSPS) is 15.9. The molecule has 1 aromatic heterocycles. The number of halogens is 1. The Labute approximate surface area is 156 Å². The first kappa shape index (κ1) is 18.2. The molecular weight excluding hydrogens is 358 g/mol. The van der Waals surface area contributed by atoms with Crippen molar-refractivity contribution in [2.45, 2.75) is 19.9 Å². The summed E-state index contributed by atoms with van der Waals surface area (Å²) in [5, 5.41) is 7.35. The van der Waals surface area contributed by atoms with Gasteiger partial charge in [0.25, 0.3) is 0 Å². The zero-order chi connectivity index (χ0) is 18.7. The van der Waals surface area contributed by atoms with Crippen molar-refractivity contribution in [3.8, 4) is 11.4 Å². The van der Waals surface area contributed by atoms with Gasteiger partial charge in [0.2, 0.25) is 17.6 Å². The van der Waals surface area contributed by atoms with Crippen LogP contribution in [0.1, 0.15) is 25.8 Å². The summed E-state index contributed by atoms with van der Waals surface area (Å²) in [7, 11) is 0. The van der Waals surface area contributed by atoms with Crippen LogP contribution in [-0.4, -0.2) is 58.1 Å². The minimum Gasteiger partial charge on any atom is -0.340 e. The maximum absolute atomic E-state index is 12.4. The highest BCUT2D eigenvalue weighted by Gasteiger charge is 2.27. The first-order valence-corrected chi connectivity index (χ1v) is 8.78. The van der Waals surface area contributed by atoms with Gasteiger partial charge in [-0.2, -0.15) is 4.98 Å². The molecule has 1 atom stereocenters. The first-order valence-electron chi connectivity index (χ1n) is 8.40. The Kier molecular flexibility index (Phi) is 5.41. The number of aromatic nitrogens is 2. The minimum absolute atomic E-state index is 0.0515. The van der Waals surface area contributed by atoms with Crippen LogP contribution in [0.3, 0.4) is 0 Å². The lowest BCUT2D eigenvalue weighted by Crippen LogP contribution is -2.54. The number of carbonyl (C=O) groups is 2. The van der Waals surface area contributed by atoms with Crippen molar-refractivity contribution >= 4 is 23.5 Å². The number of hydrogen-bond acceptors (Lipinski definition) is 5. The van der Waals surface area contributed by atoms with Crippen LogP contribution in [0, 0.1) is 0 Å². The van der Waals surface area contributed by atoms with Crippen molar-refractivity contribution in [2.75, 3.05) is 26.2 Å². The van der Waals surface area contributed by atoms with Crippen LogP contribution in [0.5, 0.6) is 0 Å². The number of rotatable bonds is 4. The fourth-order valence-electron chi connectivity index (χ4n) is 2.68. The Morgan fingerprint density at radius 1 is 1.35 bits per heavy atom. The molecule has 8 nitrogen and oxygen atoms in total. The number of piperazine rings is 1. The van der Waals surface area contributed by atoms with Crippen molar-refractivity contribution in [3.63, 3.8) is 0 Å². The monoisotopic (exact) mass is 377 g/mol. The molecule has 3 amide bonds. The average Bonchev–Trinajstić information content (AvgIpc) is 3.12. The molecule has 1 N–H and O–H groups in total. The Hall–Kier alpha value is -2.61. The van der Waals surface area contributed by atoms with Gasteiger partial charge in [-0.25, -0.2) is 4.79 Å². The van der Waals surface area contributed by atoms with Crippen molar-refractivity contribution in [1.29, 1.82) is 0 Å². The van der Waals surface area contributed by atoms with E-state index in [1.54, 1.807) is 36.1 Å². The standard InChI is InChI=1S/C17H20ClN5O3/c1-3-22-8-9-23(10-14(22)24)17(25)19-11(2)16-20-15(21-26-16)12-4-6-13(18)7-5-12/h4-7,11H,3,8-10H2,1-2H3,(H,19,25)/t11-/m1/s1. The summed E-state index contributed by atoms with van der Waals surface area (Å²) < 4.78 is 5.25. The Balaban J connectivity index is 1.61. The topological polar surface area (TPSA) is 91.6 Å². The van der Waals surface area contributed by atoms with Gasteiger partial charge >= 0.3 is 6.03 Å². The molecule has 2 heterocycles. The summed E-state index contributed by atoms with van der Waals surface area (Å²) >= 11 is 5.87. The molecule has 9 heteroatoms. The summed E-state index contributed by atoms with van der Waals surface area (Å²) in [4.78, 5) is 31.8. The van der Waals surface area contributed by atoms with Gasteiger partial charge in [-0.05, 0) is 38.1 Å². The number of urea groups is 1. The van der Waals surface area contributed by atoms with E-state index in [-0.39, 0.29) is 18.5 Å². The van der Waals surface area contributed by atoms with Gasteiger partial charge in [0.15, 0.2) is 0 Å². The highest BCUT2D eigenvalue weighted by Crippen LogP contribution is 2.20. The molecule has 0 saturated carbocycles. The third-order valence-electron chi connectivity index (χ3n) is 4.24. The van der Waals surface area contributed by atoms with Crippen LogP contribution in [0.2, 0.25) is 5.02 Å². The molecule has 26 heavy (non-hydrogen) atoms. The number of benzene rings is 1. The number of carbonyl (C=O) groups excluding carboxylic acids is 2. The van der Waals surface area contributed by atoms with Gasteiger partial charge in [-0.15, -0.1) is 0 Å². The lowest BCUT2D eigenvalue weighted by atomic mass is 10.2. The second-order valence-corrected chi connectivity index (χ2v) is 6.47. The molecule has 0 radical (unpaired) electrons. The zero-order valence-electron chi connectivity index (χ0n) is 14.6. The first-order chi connectivity index (χ1) is 12.5. The molecule has 1 aromatic carbocycles. The highest BCUT2D eigenvalue weighted by molar-refractivity contribution is 6.30. The molecule has 138 valence electrons. The van der Waals surface area contributed by atoms with Crippen molar-refractivity contribution in [1.82, 2.24) is 25.3 Å². The number of hydrogen-bond donors (Lipinski definition) is 1. The quantitative estimate of drug-likeness (QED) is 0.882. The summed E-state index contributed by atoms with van der Waals surface area (Å²) in [5.74, 6) is 0.663. The average molecular weight is 378 g/mol. The number of nitrogens with zero attached hydrogens (tertiary/aromatic N) is 4. The smallest absolute Gasteiger partial charge is 0.318 e. The summed E-state index contributed by atoms with van der Waals surface area (Å²) in [5.41, 5.74) is 0.768. The largest absolute Gasteiger partial charge is 0.340 e. The van der Waals surface area contributed by atoms with Gasteiger partial charge in [0, 0.05) is 30.2 Å². The summed E-state index contributed by atoms with van der Waals surface area (Å²) in [6, 6.07) is 6.26. The molecule has 0 unspecified atom stereocenters. The highest BCUT2D eigenvalue weighted by atomic mass is 35.5. The lowest BCUT2D eigenvalue weighted by molar-refractivity contribution is -0.134. The van der Waals surface area contributed by atoms with E-state index >= 15 is 0 Å². The van der Waals surface area contributed by atoms with E-state index in [9.17, 15) is 9.59 Å². The van der Waals surface area contributed by atoms with Crippen LogP contribution in [0.4, 0.5) is 4.79 Å². The minimum atomic E-state index is -0.477. The Morgan fingerprint density at radius 2 is 2.08 bits per heavy atom. The van der Waals surface area contributed by atoms with Crippen LogP contribution < -0.4 is 5.32 Å². The van der Waals surface area contributed by atoms with Crippen LogP contribution in [0.25, 0.3) is 11.4 Å². The molecule has 2 aromatic rings. The van der Waals surface area contributed by atoms with E-state index in [1.165, 1.54) is 4.90 Å². The van der Waals surface area contributed by atoms with Gasteiger partial charge in [-0.3, -0.25) is 4.79 Å². The van der Waals surface area contributed by atoms with Gasteiger partial charge in [0.05, 0.1) is 0 Å². The van der Waals surface area contributed by atoms with E-state index in [0.717, 1.165) is 5.56 Å². The molecular formula is C17H20ClN5O3. The molecule has 1 aliphatic rings. The summed E-state index contributed by atoms with van der Waals surface area (Å²) in [6.45, 7) is 5.44. The maximum atomic E-state index is 12.4. The molecule has 0 aliphatic carbocycles. The van der Waals surface area contributed by atoms with E-state index in [4.69, 9.17) is 16.1 Å². The third-order valence-corrected chi connectivity index (χ3v) is 4.49. The van der Waals surface area contributed by atoms with E-state index in [2.05, 4.69) is 15.5 Å². The Bertz CT molecular complexity index is 792. The predicted molar refractivity (Wildman–Crippen MR) is 95.5 cm³/mol. The lowest BCUT2D eigenvalue weighted by Gasteiger charge is -2.34. The number of amides is 3. The molecule has 1 fully saturated rings. The van der Waals surface area contributed by atoms with Gasteiger partial charge < -0.3 is 19.6 Å². The SMILES string of the molecule is CCN1CCN(C(=O)N[C@H](C)c2nc(-c3ccc(Cl)cc3)no2)CC1=O. The van der Waals surface area contributed by atoms with Crippen molar-refractivity contribution < 1.29 is 14.1 Å². The molecule has 1 saturated heterocycles. The van der Waals surface area contributed by atoms with Crippen molar-refractivity contribution in [3.05, 3.63) is 35.2 Å². The number of nitrogens with one attached hydrogen (secondary N) is 1. The summed E-state index contributed by atoms with van der Waals surface area (Å²) in [6.07, 6.45) is 0. The number of likely N-dealkylation sites (N-methyl/N-ethyl adjacent to an activating group) is 1. The fraction of sp³-hybridized carbons (Fsp3) is 0.412. The van der Waals surface area contributed by atoms with Crippen LogP contribution in [0.15, 0.2) is 28.8 Å². The van der Waals surface area contributed by atoms with E-state index in [1.807, 2.05) is 6.92 Å². The fourth-order valence-corrected chi connectivity index (χ4v) is 2.81. The van der Waals surface area contributed by atoms with Crippen LogP contribution >= 0.6 is 11.6 Å². The molecule has 0 spiro atoms. The van der Waals surface area contributed by atoms with Crippen LogP contribution in [-0.2, 0) is 4.79 Å². The second-order valence-electron chi connectivity index (χ2n) is 6.03. The van der Waals surface area contributed by atoms with E-state index in [0.29, 0.717) is 36.4 Å².